The summed E-state index contributed by atoms with van der Waals surface area (Å²) in [5.74, 6) is 2.33. The molecule has 0 aliphatic carbocycles. The monoisotopic (exact) mass is 232 g/mol. The van der Waals surface area contributed by atoms with Crippen LogP contribution in [0.1, 0.15) is 51.9 Å². The average molecular weight is 232 g/mol. The van der Waals surface area contributed by atoms with Gasteiger partial charge in [0.15, 0.2) is 0 Å². The molecule has 0 saturated carbocycles. The molecule has 2 fully saturated rings. The average Bonchev–Trinajstić information content (AvgIpc) is 2.28. The fraction of sp³-hybridized carbons (Fsp3) is 0.800. The summed E-state index contributed by atoms with van der Waals surface area (Å²) in [6, 6.07) is 2.11. The second-order valence-corrected chi connectivity index (χ2v) is 6.14. The fourth-order valence-electron chi connectivity index (χ4n) is 4.11. The van der Waals surface area contributed by atoms with Crippen molar-refractivity contribution in [1.29, 1.82) is 0 Å². The molecule has 0 spiro atoms. The lowest BCUT2D eigenvalue weighted by Crippen LogP contribution is -2.57. The topological polar surface area (TPSA) is 15.6 Å². The number of aliphatic imine (C=N–C) groups is 1. The normalized spacial score (nSPS) is 40.5. The molecule has 0 unspecified atom stereocenters. The van der Waals surface area contributed by atoms with Crippen molar-refractivity contribution >= 4 is 5.84 Å². The van der Waals surface area contributed by atoms with E-state index in [-0.39, 0.29) is 0 Å². The Labute approximate surface area is 105 Å². The molecule has 0 radical (unpaired) electrons. The van der Waals surface area contributed by atoms with Crippen molar-refractivity contribution < 1.29 is 0 Å². The molecule has 17 heavy (non-hydrogen) atoms. The van der Waals surface area contributed by atoms with Crippen LogP contribution in [0.25, 0.3) is 0 Å². The van der Waals surface area contributed by atoms with Gasteiger partial charge in [0.25, 0.3) is 0 Å². The number of amidine groups is 1. The molecule has 0 N–H and O–H groups in total. The zero-order chi connectivity index (χ0) is 11.8. The first-order valence-electron chi connectivity index (χ1n) is 7.24. The molecular formula is C15H24N2. The van der Waals surface area contributed by atoms with Crippen LogP contribution >= 0.6 is 0 Å². The van der Waals surface area contributed by atoms with Crippen molar-refractivity contribution in [2.75, 3.05) is 0 Å². The second-order valence-electron chi connectivity index (χ2n) is 6.14. The van der Waals surface area contributed by atoms with Crippen molar-refractivity contribution in [2.45, 2.75) is 70.0 Å². The van der Waals surface area contributed by atoms with E-state index in [4.69, 9.17) is 4.99 Å². The molecule has 3 aliphatic heterocycles. The molecule has 3 heterocycles. The van der Waals surface area contributed by atoms with Gasteiger partial charge in [0, 0.05) is 18.5 Å². The molecule has 94 valence electrons. The maximum atomic E-state index is 4.97. The van der Waals surface area contributed by atoms with Gasteiger partial charge in [0.2, 0.25) is 0 Å². The Bertz CT molecular complexity index is 334. The van der Waals surface area contributed by atoms with E-state index in [0.29, 0.717) is 6.04 Å². The number of hydrogen-bond acceptors (Lipinski definition) is 2. The molecule has 2 nitrogen and oxygen atoms in total. The summed E-state index contributed by atoms with van der Waals surface area (Å²) in [5, 5.41) is 0. The van der Waals surface area contributed by atoms with Crippen molar-refractivity contribution in [3.8, 4) is 0 Å². The predicted molar refractivity (Wildman–Crippen MR) is 72.3 cm³/mol. The molecule has 0 aromatic heterocycles. The lowest BCUT2D eigenvalue weighted by atomic mass is 9.79. The van der Waals surface area contributed by atoms with E-state index < -0.39 is 0 Å². The lowest BCUT2D eigenvalue weighted by molar-refractivity contribution is 0.0860. The first-order valence-corrected chi connectivity index (χ1v) is 7.24. The highest BCUT2D eigenvalue weighted by Crippen LogP contribution is 2.39. The van der Waals surface area contributed by atoms with Crippen molar-refractivity contribution in [3.63, 3.8) is 0 Å². The SMILES string of the molecule is C=CC[C@H]1C[C@H]2C[C@@H](C)C[C@@H]3CCCC(=N1)N23. The highest BCUT2D eigenvalue weighted by Gasteiger charge is 2.40. The number of hydrogen-bond donors (Lipinski definition) is 0. The third-order valence-corrected chi connectivity index (χ3v) is 4.69. The van der Waals surface area contributed by atoms with Crippen LogP contribution in [-0.4, -0.2) is 28.9 Å². The van der Waals surface area contributed by atoms with Gasteiger partial charge >= 0.3 is 0 Å². The fourth-order valence-corrected chi connectivity index (χ4v) is 4.11. The van der Waals surface area contributed by atoms with Crippen LogP contribution in [0.4, 0.5) is 0 Å². The third-order valence-electron chi connectivity index (χ3n) is 4.69. The Balaban J connectivity index is 1.85. The summed E-state index contributed by atoms with van der Waals surface area (Å²) >= 11 is 0. The van der Waals surface area contributed by atoms with Crippen LogP contribution in [0.15, 0.2) is 17.6 Å². The summed E-state index contributed by atoms with van der Waals surface area (Å²) < 4.78 is 0. The van der Waals surface area contributed by atoms with E-state index in [1.165, 1.54) is 44.4 Å². The van der Waals surface area contributed by atoms with Crippen LogP contribution in [0.2, 0.25) is 0 Å². The Morgan fingerprint density at radius 1 is 1.35 bits per heavy atom. The minimum Gasteiger partial charge on any atom is -0.354 e. The van der Waals surface area contributed by atoms with E-state index in [1.807, 2.05) is 6.08 Å². The molecule has 0 aromatic carbocycles. The quantitative estimate of drug-likeness (QED) is 0.666. The number of nitrogens with zero attached hydrogens (tertiary/aromatic N) is 2. The van der Waals surface area contributed by atoms with Gasteiger partial charge in [0.05, 0.1) is 11.9 Å². The van der Waals surface area contributed by atoms with Crippen LogP contribution in [-0.2, 0) is 0 Å². The van der Waals surface area contributed by atoms with Gasteiger partial charge < -0.3 is 4.90 Å². The predicted octanol–water partition coefficient (Wildman–Crippen LogP) is 3.39. The minimum atomic E-state index is 0.521. The molecule has 3 aliphatic rings. The van der Waals surface area contributed by atoms with E-state index in [0.717, 1.165) is 24.4 Å². The first kappa shape index (κ1) is 11.3. The van der Waals surface area contributed by atoms with Gasteiger partial charge in [-0.1, -0.05) is 13.0 Å². The lowest BCUT2D eigenvalue weighted by Gasteiger charge is -2.52. The van der Waals surface area contributed by atoms with Crippen molar-refractivity contribution in [1.82, 2.24) is 4.90 Å². The summed E-state index contributed by atoms with van der Waals surface area (Å²) in [4.78, 5) is 7.67. The van der Waals surface area contributed by atoms with Crippen LogP contribution < -0.4 is 0 Å². The van der Waals surface area contributed by atoms with Gasteiger partial charge in [-0.15, -0.1) is 6.58 Å². The summed E-state index contributed by atoms with van der Waals surface area (Å²) in [5.41, 5.74) is 0. The second kappa shape index (κ2) is 4.47. The molecule has 0 aromatic rings. The Morgan fingerprint density at radius 2 is 2.18 bits per heavy atom. The maximum absolute atomic E-state index is 4.97. The molecule has 2 heteroatoms. The summed E-state index contributed by atoms with van der Waals surface area (Å²) in [6.45, 7) is 6.30. The molecular weight excluding hydrogens is 208 g/mol. The third kappa shape index (κ3) is 2.02. The minimum absolute atomic E-state index is 0.521. The Kier molecular flexibility index (Phi) is 2.97. The van der Waals surface area contributed by atoms with Crippen LogP contribution in [0, 0.1) is 5.92 Å². The van der Waals surface area contributed by atoms with E-state index >= 15 is 0 Å². The summed E-state index contributed by atoms with van der Waals surface area (Å²) in [6.07, 6.45) is 11.1. The highest BCUT2D eigenvalue weighted by molar-refractivity contribution is 5.84. The highest BCUT2D eigenvalue weighted by atomic mass is 15.3. The molecule has 0 bridgehead atoms. The smallest absolute Gasteiger partial charge is 0.0997 e. The first-order chi connectivity index (χ1) is 8.28. The van der Waals surface area contributed by atoms with Crippen molar-refractivity contribution in [3.05, 3.63) is 12.7 Å². The zero-order valence-electron chi connectivity index (χ0n) is 10.9. The van der Waals surface area contributed by atoms with Gasteiger partial charge in [-0.25, -0.2) is 0 Å². The van der Waals surface area contributed by atoms with Gasteiger partial charge in [-0.05, 0) is 44.4 Å². The molecule has 0 amide bonds. The van der Waals surface area contributed by atoms with E-state index in [1.54, 1.807) is 0 Å². The van der Waals surface area contributed by atoms with Crippen molar-refractivity contribution in [2.24, 2.45) is 10.9 Å². The Morgan fingerprint density at radius 3 is 3.00 bits per heavy atom. The molecule has 3 rings (SSSR count). The standard InChI is InChI=1S/C15H24N2/c1-3-5-12-10-14-9-11(2)8-13-6-4-7-15(16-12)17(13)14/h3,11-14H,1,4-10H2,2H3/t11-,12-,13-,14+/m0/s1. The van der Waals surface area contributed by atoms with Crippen LogP contribution in [0.5, 0.6) is 0 Å². The van der Waals surface area contributed by atoms with E-state index in [2.05, 4.69) is 18.4 Å². The zero-order valence-corrected chi connectivity index (χ0v) is 10.9. The van der Waals surface area contributed by atoms with E-state index in [9.17, 15) is 0 Å². The molecule has 2 saturated heterocycles. The maximum Gasteiger partial charge on any atom is 0.0997 e. The van der Waals surface area contributed by atoms with Crippen LogP contribution in [0.3, 0.4) is 0 Å². The summed E-state index contributed by atoms with van der Waals surface area (Å²) in [7, 11) is 0. The van der Waals surface area contributed by atoms with Gasteiger partial charge in [0.1, 0.15) is 0 Å². The largest absolute Gasteiger partial charge is 0.354 e. The van der Waals surface area contributed by atoms with Gasteiger partial charge in [-0.2, -0.15) is 0 Å². The van der Waals surface area contributed by atoms with Gasteiger partial charge in [-0.3, -0.25) is 4.99 Å². The number of piperidine rings is 2. The molecule has 4 atom stereocenters. The Hall–Kier alpha value is -0.790. The number of rotatable bonds is 2.